The van der Waals surface area contributed by atoms with E-state index in [1.807, 2.05) is 0 Å². The monoisotopic (exact) mass is 481 g/mol. The summed E-state index contributed by atoms with van der Waals surface area (Å²) in [5, 5.41) is 0. The minimum absolute atomic E-state index is 0. The second-order valence-electron chi connectivity index (χ2n) is 2.13. The van der Waals surface area contributed by atoms with Gasteiger partial charge in [-0.05, 0) is 6.04 Å². The minimum atomic E-state index is 0. The molecule has 0 aliphatic carbocycles. The standard InChI is InChI=1S/C7H15N.2W/c1-5-8(6-2)7(3)4;;/h7H,1-2,5-6H2,3-4H3;;/q-2;;+2. The van der Waals surface area contributed by atoms with Gasteiger partial charge in [-0.3, -0.25) is 0 Å². The van der Waals surface area contributed by atoms with Crippen LogP contribution >= 0.6 is 0 Å². The van der Waals surface area contributed by atoms with Crippen LogP contribution in [0.15, 0.2) is 0 Å². The van der Waals surface area contributed by atoms with Crippen molar-refractivity contribution in [3.05, 3.63) is 13.8 Å². The molecule has 1 nitrogen and oxygen atoms in total. The van der Waals surface area contributed by atoms with Crippen LogP contribution in [0.1, 0.15) is 13.8 Å². The summed E-state index contributed by atoms with van der Waals surface area (Å²) in [6.07, 6.45) is 0. The molecule has 0 aliphatic heterocycles. The molecule has 0 aromatic heterocycles. The van der Waals surface area contributed by atoms with Crippen molar-refractivity contribution in [1.29, 1.82) is 0 Å². The zero-order valence-corrected chi connectivity index (χ0v) is 12.5. The molecule has 0 heterocycles. The van der Waals surface area contributed by atoms with E-state index in [1.165, 1.54) is 0 Å². The number of hydrogen-bond donors (Lipinski definition) is 0. The van der Waals surface area contributed by atoms with Gasteiger partial charge in [0.05, 0.1) is 0 Å². The molecule has 0 saturated carbocycles. The molecule has 0 N–H and O–H groups in total. The van der Waals surface area contributed by atoms with Gasteiger partial charge in [0.15, 0.2) is 0 Å². The predicted molar refractivity (Wildman–Crippen MR) is 37.4 cm³/mol. The van der Waals surface area contributed by atoms with Crippen molar-refractivity contribution in [1.82, 2.24) is 4.90 Å². The molecule has 0 aliphatic rings. The first kappa shape index (κ1) is 17.4. The quantitative estimate of drug-likeness (QED) is 0.552. The van der Waals surface area contributed by atoms with Gasteiger partial charge in [0.2, 0.25) is 0 Å². The summed E-state index contributed by atoms with van der Waals surface area (Å²) in [6, 6.07) is 0.588. The van der Waals surface area contributed by atoms with E-state index in [0.717, 1.165) is 13.1 Å². The first-order chi connectivity index (χ1) is 3.72. The van der Waals surface area contributed by atoms with Crippen molar-refractivity contribution in [2.45, 2.75) is 19.9 Å². The van der Waals surface area contributed by atoms with Crippen molar-refractivity contribution in [2.24, 2.45) is 0 Å². The van der Waals surface area contributed by atoms with Crippen molar-refractivity contribution in [2.75, 3.05) is 13.1 Å². The molecular weight excluding hydrogens is 466 g/mol. The van der Waals surface area contributed by atoms with Crippen molar-refractivity contribution < 1.29 is 42.1 Å². The van der Waals surface area contributed by atoms with Gasteiger partial charge in [-0.15, -0.1) is 13.1 Å². The van der Waals surface area contributed by atoms with Crippen molar-refractivity contribution in [3.8, 4) is 0 Å². The Morgan fingerprint density at radius 2 is 1.50 bits per heavy atom. The molecule has 3 heteroatoms. The van der Waals surface area contributed by atoms with Gasteiger partial charge in [-0.2, -0.15) is 0 Å². The first-order valence-electron chi connectivity index (χ1n) is 3.05. The summed E-state index contributed by atoms with van der Waals surface area (Å²) in [5.74, 6) is 0. The summed E-state index contributed by atoms with van der Waals surface area (Å²) in [7, 11) is 0. The molecule has 0 saturated heterocycles. The maximum Gasteiger partial charge on any atom is 2.00 e. The van der Waals surface area contributed by atoms with Crippen LogP contribution in [-0.4, -0.2) is 24.0 Å². The number of rotatable bonds is 3. The fourth-order valence-corrected chi connectivity index (χ4v) is 0.628. The van der Waals surface area contributed by atoms with E-state index in [4.69, 9.17) is 0 Å². The molecule has 0 rings (SSSR count). The van der Waals surface area contributed by atoms with Gasteiger partial charge in [-0.25, -0.2) is 0 Å². The average molecular weight is 481 g/mol. The van der Waals surface area contributed by atoms with Crippen molar-refractivity contribution in [3.63, 3.8) is 0 Å². The van der Waals surface area contributed by atoms with Crippen LogP contribution in [0.2, 0.25) is 0 Å². The summed E-state index contributed by atoms with van der Waals surface area (Å²) >= 11 is 0. The van der Waals surface area contributed by atoms with Crippen LogP contribution in [0, 0.1) is 13.8 Å². The van der Waals surface area contributed by atoms with Gasteiger partial charge >= 0.3 is 21.1 Å². The molecule has 10 heavy (non-hydrogen) atoms. The van der Waals surface area contributed by atoms with E-state index >= 15 is 0 Å². The van der Waals surface area contributed by atoms with E-state index in [9.17, 15) is 0 Å². The van der Waals surface area contributed by atoms with Crippen molar-refractivity contribution >= 4 is 0 Å². The van der Waals surface area contributed by atoms with Gasteiger partial charge in [-0.1, -0.05) is 13.8 Å². The Bertz CT molecular complexity index is 53.6. The largest absolute Gasteiger partial charge is 2.00 e. The van der Waals surface area contributed by atoms with Crippen LogP contribution in [0.4, 0.5) is 0 Å². The second kappa shape index (κ2) is 10.3. The molecule has 0 atom stereocenters. The van der Waals surface area contributed by atoms with E-state index in [-0.39, 0.29) is 42.1 Å². The predicted octanol–water partition coefficient (Wildman–Crippen LogP) is 1.36. The molecule has 0 fully saturated rings. The number of nitrogens with zero attached hydrogens (tertiary/aromatic N) is 1. The summed E-state index contributed by atoms with van der Waals surface area (Å²) in [6.45, 7) is 13.6. The zero-order chi connectivity index (χ0) is 6.57. The van der Waals surface area contributed by atoms with Crippen LogP contribution in [0.25, 0.3) is 0 Å². The van der Waals surface area contributed by atoms with Gasteiger partial charge in [0, 0.05) is 21.1 Å². The Balaban J connectivity index is -0.000000245. The Kier molecular flexibility index (Phi) is 18.0. The topological polar surface area (TPSA) is 3.24 Å². The van der Waals surface area contributed by atoms with Crippen LogP contribution in [0.3, 0.4) is 0 Å². The molecule has 0 aromatic rings. The maximum absolute atomic E-state index is 3.76. The van der Waals surface area contributed by atoms with Crippen LogP contribution in [0.5, 0.6) is 0 Å². The fourth-order valence-electron chi connectivity index (χ4n) is 0.628. The summed E-state index contributed by atoms with van der Waals surface area (Å²) in [5.41, 5.74) is 0. The molecule has 60 valence electrons. The van der Waals surface area contributed by atoms with E-state index in [0.29, 0.717) is 6.04 Å². The molecule has 0 aromatic carbocycles. The third-order valence-electron chi connectivity index (χ3n) is 1.30. The summed E-state index contributed by atoms with van der Waals surface area (Å²) < 4.78 is 0. The van der Waals surface area contributed by atoms with Gasteiger partial charge in [0.25, 0.3) is 0 Å². The zero-order valence-electron chi connectivity index (χ0n) is 6.67. The van der Waals surface area contributed by atoms with E-state index in [1.54, 1.807) is 0 Å². The average Bonchev–Trinajstić information content (AvgIpc) is 1.69. The fraction of sp³-hybridized carbons (Fsp3) is 0.714. The Morgan fingerprint density at radius 3 is 1.50 bits per heavy atom. The molecule has 0 spiro atoms. The smallest absolute Gasteiger partial charge is 0.360 e. The SMILES string of the molecule is [CH2-]CN(C[CH2-])C(C)C.[W+2].[W]. The van der Waals surface area contributed by atoms with E-state index < -0.39 is 0 Å². The van der Waals surface area contributed by atoms with Crippen LogP contribution in [-0.2, 0) is 42.1 Å². The third-order valence-corrected chi connectivity index (χ3v) is 1.30. The van der Waals surface area contributed by atoms with Gasteiger partial charge < -0.3 is 18.7 Å². The molecule has 0 bridgehead atoms. The summed E-state index contributed by atoms with van der Waals surface area (Å²) in [4.78, 5) is 2.19. The second-order valence-corrected chi connectivity index (χ2v) is 2.13. The van der Waals surface area contributed by atoms with E-state index in [2.05, 4.69) is 32.6 Å². The third kappa shape index (κ3) is 7.44. The normalized spacial score (nSPS) is 9.00. The molecule has 0 radical (unpaired) electrons. The molecule has 0 amide bonds. The van der Waals surface area contributed by atoms with Gasteiger partial charge in [0.1, 0.15) is 0 Å². The maximum atomic E-state index is 3.76. The number of hydrogen-bond acceptors (Lipinski definition) is 1. The minimum Gasteiger partial charge on any atom is -0.360 e. The van der Waals surface area contributed by atoms with Crippen LogP contribution < -0.4 is 0 Å². The Morgan fingerprint density at radius 1 is 1.20 bits per heavy atom. The Hall–Kier alpha value is 1.34. The molecular formula is C7H15NW2. The Labute approximate surface area is 93.5 Å². The molecule has 0 unspecified atom stereocenters. The first-order valence-corrected chi connectivity index (χ1v) is 3.05.